The number of carbonyl (C=O) groups is 1. The van der Waals surface area contributed by atoms with Crippen molar-refractivity contribution >= 4 is 40.6 Å². The summed E-state index contributed by atoms with van der Waals surface area (Å²) in [5.74, 6) is -2.17. The summed E-state index contributed by atoms with van der Waals surface area (Å²) in [5, 5.41) is 13.9. The van der Waals surface area contributed by atoms with Crippen molar-refractivity contribution < 1.29 is 14.4 Å². The van der Waals surface area contributed by atoms with Crippen LogP contribution < -0.4 is 11.1 Å². The van der Waals surface area contributed by atoms with E-state index in [1.54, 1.807) is 0 Å². The van der Waals surface area contributed by atoms with Gasteiger partial charge in [0.05, 0.1) is 21.7 Å². The van der Waals surface area contributed by atoms with Crippen LogP contribution in [0.1, 0.15) is 19.8 Å². The number of carbonyl (C=O) groups excluding carboxylic acids is 1. The molecule has 4 N–H and O–H groups in total. The molecular weight excluding hydrogens is 308 g/mol. The summed E-state index contributed by atoms with van der Waals surface area (Å²) in [6.07, 6.45) is 1.04. The zero-order chi connectivity index (χ0) is 15.3. The van der Waals surface area contributed by atoms with E-state index in [0.29, 0.717) is 12.8 Å². The number of rotatable bonds is 5. The van der Waals surface area contributed by atoms with E-state index in [4.69, 9.17) is 34.1 Å². The second kappa shape index (κ2) is 7.31. The van der Waals surface area contributed by atoms with Crippen LogP contribution in [0.5, 0.6) is 0 Å². The lowest BCUT2D eigenvalue weighted by atomic mass is 10.0. The third kappa shape index (κ3) is 3.98. The van der Waals surface area contributed by atoms with E-state index >= 15 is 0 Å². The number of hydrogen-bond donors (Lipinski definition) is 3. The van der Waals surface area contributed by atoms with Crippen LogP contribution in [0.3, 0.4) is 0 Å². The first-order valence-electron chi connectivity index (χ1n) is 5.83. The summed E-state index contributed by atoms with van der Waals surface area (Å²) in [6, 6.07) is 2.06. The van der Waals surface area contributed by atoms with Crippen LogP contribution in [-0.4, -0.2) is 17.0 Å². The van der Waals surface area contributed by atoms with E-state index in [1.165, 1.54) is 0 Å². The first-order chi connectivity index (χ1) is 9.40. The van der Waals surface area contributed by atoms with Crippen LogP contribution in [0.2, 0.25) is 10.0 Å². The van der Waals surface area contributed by atoms with Gasteiger partial charge in [0.15, 0.2) is 5.84 Å². The summed E-state index contributed by atoms with van der Waals surface area (Å²) in [6.45, 7) is 1.85. The standard InChI is InChI=1S/C12H14Cl2FN3O2/c1-2-3-7(11(16)18-20)12(19)17-10-8(13)4-6(15)5-9(10)14/h4-5,7,20H,2-3H2,1H3,(H2,16,18)(H,17,19). The van der Waals surface area contributed by atoms with Crippen molar-refractivity contribution in [1.82, 2.24) is 0 Å². The molecule has 0 saturated heterocycles. The van der Waals surface area contributed by atoms with Gasteiger partial charge in [-0.3, -0.25) is 4.79 Å². The lowest BCUT2D eigenvalue weighted by Crippen LogP contribution is -2.34. The Kier molecular flexibility index (Phi) is 6.04. The monoisotopic (exact) mass is 321 g/mol. The lowest BCUT2D eigenvalue weighted by Gasteiger charge is -2.16. The molecule has 0 radical (unpaired) electrons. The average molecular weight is 322 g/mol. The van der Waals surface area contributed by atoms with Gasteiger partial charge in [-0.05, 0) is 18.6 Å². The van der Waals surface area contributed by atoms with E-state index in [1.807, 2.05) is 6.92 Å². The average Bonchev–Trinajstić information content (AvgIpc) is 2.39. The minimum atomic E-state index is -0.817. The van der Waals surface area contributed by atoms with Gasteiger partial charge in [0.2, 0.25) is 5.91 Å². The van der Waals surface area contributed by atoms with Crippen LogP contribution in [0.15, 0.2) is 17.3 Å². The number of nitrogens with zero attached hydrogens (tertiary/aromatic N) is 1. The fraction of sp³-hybridized carbons (Fsp3) is 0.333. The molecule has 0 saturated carbocycles. The van der Waals surface area contributed by atoms with E-state index in [0.717, 1.165) is 12.1 Å². The maximum Gasteiger partial charge on any atom is 0.235 e. The Morgan fingerprint density at radius 2 is 2.05 bits per heavy atom. The molecule has 20 heavy (non-hydrogen) atoms. The van der Waals surface area contributed by atoms with Gasteiger partial charge in [0.25, 0.3) is 0 Å². The summed E-state index contributed by atoms with van der Waals surface area (Å²) in [4.78, 5) is 12.1. The number of halogens is 3. The number of nitrogens with one attached hydrogen (secondary N) is 1. The lowest BCUT2D eigenvalue weighted by molar-refractivity contribution is -0.118. The topological polar surface area (TPSA) is 87.7 Å². The Hall–Kier alpha value is -1.53. The van der Waals surface area contributed by atoms with E-state index < -0.39 is 17.6 Å². The van der Waals surface area contributed by atoms with Crippen LogP contribution in [0, 0.1) is 11.7 Å². The highest BCUT2D eigenvalue weighted by Gasteiger charge is 2.24. The summed E-state index contributed by atoms with van der Waals surface area (Å²) in [7, 11) is 0. The van der Waals surface area contributed by atoms with Crippen LogP contribution in [0.4, 0.5) is 10.1 Å². The van der Waals surface area contributed by atoms with Gasteiger partial charge in [-0.25, -0.2) is 4.39 Å². The van der Waals surface area contributed by atoms with Gasteiger partial charge >= 0.3 is 0 Å². The Labute approximate surface area is 125 Å². The van der Waals surface area contributed by atoms with Crippen LogP contribution in [-0.2, 0) is 4.79 Å². The molecule has 0 aliphatic heterocycles. The number of nitrogens with two attached hydrogens (primary N) is 1. The fourth-order valence-electron chi connectivity index (χ4n) is 1.64. The van der Waals surface area contributed by atoms with Gasteiger partial charge in [-0.2, -0.15) is 0 Å². The number of oxime groups is 1. The first-order valence-corrected chi connectivity index (χ1v) is 6.59. The van der Waals surface area contributed by atoms with Gasteiger partial charge in [-0.15, -0.1) is 0 Å². The van der Waals surface area contributed by atoms with Crippen molar-refractivity contribution in [3.63, 3.8) is 0 Å². The predicted molar refractivity (Wildman–Crippen MR) is 76.9 cm³/mol. The van der Waals surface area contributed by atoms with Crippen LogP contribution in [0.25, 0.3) is 0 Å². The van der Waals surface area contributed by atoms with Crippen molar-refractivity contribution in [1.29, 1.82) is 0 Å². The molecule has 110 valence electrons. The zero-order valence-corrected chi connectivity index (χ0v) is 12.2. The van der Waals surface area contributed by atoms with Gasteiger partial charge in [-0.1, -0.05) is 41.7 Å². The second-order valence-electron chi connectivity index (χ2n) is 4.10. The van der Waals surface area contributed by atoms with Gasteiger partial charge in [0, 0.05) is 0 Å². The third-order valence-corrected chi connectivity index (χ3v) is 3.22. The Balaban J connectivity index is 3.00. The molecule has 0 aliphatic carbocycles. The van der Waals surface area contributed by atoms with Crippen molar-refractivity contribution in [3.8, 4) is 0 Å². The molecule has 1 aromatic rings. The maximum atomic E-state index is 13.1. The zero-order valence-electron chi connectivity index (χ0n) is 10.7. The minimum Gasteiger partial charge on any atom is -0.409 e. The fourth-order valence-corrected chi connectivity index (χ4v) is 2.20. The molecule has 0 heterocycles. The SMILES string of the molecule is CCCC(C(=O)Nc1c(Cl)cc(F)cc1Cl)C(N)=NO. The molecular formula is C12H14Cl2FN3O2. The number of amides is 1. The Bertz CT molecular complexity index is 514. The highest BCUT2D eigenvalue weighted by atomic mass is 35.5. The molecule has 1 unspecified atom stereocenters. The van der Waals surface area contributed by atoms with Crippen LogP contribution >= 0.6 is 23.2 Å². The Morgan fingerprint density at radius 1 is 1.50 bits per heavy atom. The molecule has 5 nitrogen and oxygen atoms in total. The maximum absolute atomic E-state index is 13.1. The van der Waals surface area contributed by atoms with Crippen molar-refractivity contribution in [2.24, 2.45) is 16.8 Å². The van der Waals surface area contributed by atoms with E-state index in [-0.39, 0.29) is 21.6 Å². The molecule has 1 amide bonds. The number of benzene rings is 1. The van der Waals surface area contributed by atoms with E-state index in [9.17, 15) is 9.18 Å². The number of anilines is 1. The van der Waals surface area contributed by atoms with Gasteiger partial charge in [0.1, 0.15) is 5.82 Å². The largest absolute Gasteiger partial charge is 0.409 e. The van der Waals surface area contributed by atoms with Crippen molar-refractivity contribution in [3.05, 3.63) is 28.0 Å². The molecule has 1 atom stereocenters. The van der Waals surface area contributed by atoms with Gasteiger partial charge < -0.3 is 16.3 Å². The number of amidine groups is 1. The smallest absolute Gasteiger partial charge is 0.235 e. The summed E-state index contributed by atoms with van der Waals surface area (Å²) >= 11 is 11.6. The molecule has 0 bridgehead atoms. The molecule has 1 rings (SSSR count). The molecule has 0 fully saturated rings. The normalized spacial score (nSPS) is 13.1. The highest BCUT2D eigenvalue weighted by molar-refractivity contribution is 6.39. The number of hydrogen-bond acceptors (Lipinski definition) is 3. The second-order valence-corrected chi connectivity index (χ2v) is 4.91. The highest BCUT2D eigenvalue weighted by Crippen LogP contribution is 2.31. The summed E-state index contributed by atoms with van der Waals surface area (Å²) in [5.41, 5.74) is 5.56. The summed E-state index contributed by atoms with van der Waals surface area (Å²) < 4.78 is 13.1. The molecule has 0 spiro atoms. The molecule has 1 aromatic carbocycles. The Morgan fingerprint density at radius 3 is 2.50 bits per heavy atom. The molecule has 0 aromatic heterocycles. The van der Waals surface area contributed by atoms with Crippen molar-refractivity contribution in [2.75, 3.05) is 5.32 Å². The van der Waals surface area contributed by atoms with E-state index in [2.05, 4.69) is 10.5 Å². The predicted octanol–water partition coefficient (Wildman–Crippen LogP) is 3.23. The van der Waals surface area contributed by atoms with Crippen molar-refractivity contribution in [2.45, 2.75) is 19.8 Å². The molecule has 0 aliphatic rings. The first kappa shape index (κ1) is 16.5. The minimum absolute atomic E-state index is 0.0295. The quantitative estimate of drug-likeness (QED) is 0.336. The third-order valence-electron chi connectivity index (χ3n) is 2.62. The molecule has 8 heteroatoms.